The number of hydrogen-bond donors (Lipinski definition) is 2. The molecule has 2 aromatic rings. The van der Waals surface area contributed by atoms with Crippen LogP contribution in [0, 0.1) is 5.92 Å². The fraction of sp³-hybridized carbons (Fsp3) is 0.591. The van der Waals surface area contributed by atoms with E-state index in [1.54, 1.807) is 0 Å². The van der Waals surface area contributed by atoms with Gasteiger partial charge in [0.2, 0.25) is 5.91 Å². The number of amides is 1. The fourth-order valence-corrected chi connectivity index (χ4v) is 4.71. The Hall–Kier alpha value is -1.81. The highest BCUT2D eigenvalue weighted by molar-refractivity contribution is 5.83. The number of likely N-dealkylation sites (tertiary alicyclic amines) is 1. The van der Waals surface area contributed by atoms with E-state index in [0.29, 0.717) is 18.5 Å². The van der Waals surface area contributed by atoms with Crippen LogP contribution in [0.2, 0.25) is 0 Å². The minimum absolute atomic E-state index is 0.218. The average molecular weight is 354 g/mol. The van der Waals surface area contributed by atoms with Crippen molar-refractivity contribution in [3.05, 3.63) is 36.0 Å². The SMILES string of the molecule is CC1CCC(NC(=O)CN2CCC(c3c[nH]c4ccccc34)CC2)CC1. The number of piperidine rings is 1. The van der Waals surface area contributed by atoms with Gasteiger partial charge in [0.25, 0.3) is 0 Å². The molecule has 4 rings (SSSR count). The second-order valence-electron chi connectivity index (χ2n) is 8.36. The van der Waals surface area contributed by atoms with E-state index in [2.05, 4.69) is 52.6 Å². The molecule has 0 spiro atoms. The summed E-state index contributed by atoms with van der Waals surface area (Å²) in [5, 5.41) is 4.62. The maximum absolute atomic E-state index is 12.4. The molecule has 1 amide bonds. The van der Waals surface area contributed by atoms with Gasteiger partial charge >= 0.3 is 0 Å². The predicted molar refractivity (Wildman–Crippen MR) is 106 cm³/mol. The van der Waals surface area contributed by atoms with Crippen molar-refractivity contribution in [3.8, 4) is 0 Å². The monoisotopic (exact) mass is 353 g/mol. The third-order valence-corrected chi connectivity index (χ3v) is 6.40. The molecule has 140 valence electrons. The number of H-pyrrole nitrogens is 1. The van der Waals surface area contributed by atoms with Gasteiger partial charge in [0.15, 0.2) is 0 Å². The van der Waals surface area contributed by atoms with Crippen molar-refractivity contribution in [1.82, 2.24) is 15.2 Å². The molecule has 1 aliphatic carbocycles. The molecule has 1 aromatic carbocycles. The van der Waals surface area contributed by atoms with Crippen LogP contribution < -0.4 is 5.32 Å². The third-order valence-electron chi connectivity index (χ3n) is 6.40. The van der Waals surface area contributed by atoms with Gasteiger partial charge in [-0.3, -0.25) is 9.69 Å². The summed E-state index contributed by atoms with van der Waals surface area (Å²) in [7, 11) is 0. The Kier molecular flexibility index (Phi) is 5.30. The number of rotatable bonds is 4. The van der Waals surface area contributed by atoms with Crippen molar-refractivity contribution in [2.24, 2.45) is 5.92 Å². The molecule has 0 atom stereocenters. The number of nitrogens with one attached hydrogen (secondary N) is 2. The van der Waals surface area contributed by atoms with Gasteiger partial charge in [-0.2, -0.15) is 0 Å². The van der Waals surface area contributed by atoms with Crippen LogP contribution in [-0.4, -0.2) is 41.5 Å². The molecule has 1 saturated heterocycles. The summed E-state index contributed by atoms with van der Waals surface area (Å²) >= 11 is 0. The van der Waals surface area contributed by atoms with E-state index in [1.165, 1.54) is 29.3 Å². The highest BCUT2D eigenvalue weighted by atomic mass is 16.2. The zero-order chi connectivity index (χ0) is 17.9. The van der Waals surface area contributed by atoms with Crippen LogP contribution in [0.4, 0.5) is 0 Å². The first kappa shape index (κ1) is 17.6. The van der Waals surface area contributed by atoms with Crippen LogP contribution in [0.5, 0.6) is 0 Å². The van der Waals surface area contributed by atoms with Gasteiger partial charge in [0, 0.05) is 23.1 Å². The van der Waals surface area contributed by atoms with E-state index >= 15 is 0 Å². The average Bonchev–Trinajstić information content (AvgIpc) is 3.08. The molecule has 1 saturated carbocycles. The zero-order valence-corrected chi connectivity index (χ0v) is 15.8. The summed E-state index contributed by atoms with van der Waals surface area (Å²) in [6.45, 7) is 4.90. The maximum atomic E-state index is 12.4. The van der Waals surface area contributed by atoms with E-state index in [4.69, 9.17) is 0 Å². The summed E-state index contributed by atoms with van der Waals surface area (Å²) in [5.74, 6) is 1.65. The van der Waals surface area contributed by atoms with Crippen molar-refractivity contribution in [1.29, 1.82) is 0 Å². The van der Waals surface area contributed by atoms with Gasteiger partial charge in [-0.25, -0.2) is 0 Å². The molecule has 2 aliphatic rings. The molecule has 2 heterocycles. The topological polar surface area (TPSA) is 48.1 Å². The second-order valence-corrected chi connectivity index (χ2v) is 8.36. The largest absolute Gasteiger partial charge is 0.361 e. The first-order chi connectivity index (χ1) is 12.7. The Morgan fingerprint density at radius 1 is 1.12 bits per heavy atom. The Balaban J connectivity index is 1.26. The fourth-order valence-electron chi connectivity index (χ4n) is 4.71. The minimum Gasteiger partial charge on any atom is -0.361 e. The van der Waals surface area contributed by atoms with Crippen LogP contribution in [-0.2, 0) is 4.79 Å². The molecule has 4 heteroatoms. The lowest BCUT2D eigenvalue weighted by Crippen LogP contribution is -2.45. The first-order valence-corrected chi connectivity index (χ1v) is 10.3. The van der Waals surface area contributed by atoms with Gasteiger partial charge in [0.05, 0.1) is 6.54 Å². The summed E-state index contributed by atoms with van der Waals surface area (Å²) < 4.78 is 0. The lowest BCUT2D eigenvalue weighted by atomic mass is 9.87. The van der Waals surface area contributed by atoms with E-state index in [-0.39, 0.29) is 5.91 Å². The van der Waals surface area contributed by atoms with Crippen LogP contribution in [0.25, 0.3) is 10.9 Å². The lowest BCUT2D eigenvalue weighted by Gasteiger charge is -2.32. The Labute approximate surface area is 156 Å². The minimum atomic E-state index is 0.218. The molecule has 26 heavy (non-hydrogen) atoms. The van der Waals surface area contributed by atoms with Crippen LogP contribution >= 0.6 is 0 Å². The predicted octanol–water partition coefficient (Wildman–Crippen LogP) is 4.04. The molecular weight excluding hydrogens is 322 g/mol. The molecule has 4 nitrogen and oxygen atoms in total. The normalized spacial score (nSPS) is 25.4. The van der Waals surface area contributed by atoms with Gasteiger partial charge in [-0.15, -0.1) is 0 Å². The van der Waals surface area contributed by atoms with E-state index in [9.17, 15) is 4.79 Å². The van der Waals surface area contributed by atoms with Gasteiger partial charge in [-0.05, 0) is 75.1 Å². The molecule has 2 N–H and O–H groups in total. The molecule has 1 aliphatic heterocycles. The maximum Gasteiger partial charge on any atom is 0.234 e. The highest BCUT2D eigenvalue weighted by Crippen LogP contribution is 2.33. The molecule has 0 radical (unpaired) electrons. The number of benzene rings is 1. The van der Waals surface area contributed by atoms with E-state index in [1.807, 2.05) is 0 Å². The zero-order valence-electron chi connectivity index (χ0n) is 15.8. The smallest absolute Gasteiger partial charge is 0.234 e. The standard InChI is InChI=1S/C22H31N3O/c1-16-6-8-18(9-7-16)24-22(26)15-25-12-10-17(11-13-25)20-14-23-21-5-3-2-4-19(20)21/h2-5,14,16-18,23H,6-13,15H2,1H3,(H,24,26). The number of nitrogens with zero attached hydrogens (tertiary/aromatic N) is 1. The summed E-state index contributed by atoms with van der Waals surface area (Å²) in [6, 6.07) is 8.96. The van der Waals surface area contributed by atoms with Crippen LogP contribution in [0.3, 0.4) is 0 Å². The Morgan fingerprint density at radius 2 is 1.85 bits per heavy atom. The Morgan fingerprint density at radius 3 is 2.62 bits per heavy atom. The number of para-hydroxylation sites is 1. The number of aromatic nitrogens is 1. The number of fused-ring (bicyclic) bond motifs is 1. The number of carbonyl (C=O) groups is 1. The summed E-state index contributed by atoms with van der Waals surface area (Å²) in [4.78, 5) is 18.1. The van der Waals surface area contributed by atoms with Crippen LogP contribution in [0.1, 0.15) is 56.9 Å². The lowest BCUT2D eigenvalue weighted by molar-refractivity contribution is -0.123. The van der Waals surface area contributed by atoms with Crippen LogP contribution in [0.15, 0.2) is 30.5 Å². The van der Waals surface area contributed by atoms with Gasteiger partial charge < -0.3 is 10.3 Å². The molecule has 1 aromatic heterocycles. The number of aromatic amines is 1. The van der Waals surface area contributed by atoms with Gasteiger partial charge in [0.1, 0.15) is 0 Å². The summed E-state index contributed by atoms with van der Waals surface area (Å²) in [6.07, 6.45) is 9.25. The molecular formula is C22H31N3O. The van der Waals surface area contributed by atoms with Gasteiger partial charge in [-0.1, -0.05) is 25.1 Å². The van der Waals surface area contributed by atoms with Crippen molar-refractivity contribution >= 4 is 16.8 Å². The third kappa shape index (κ3) is 3.96. The summed E-state index contributed by atoms with van der Waals surface area (Å²) in [5.41, 5.74) is 2.67. The van der Waals surface area contributed by atoms with E-state index < -0.39 is 0 Å². The van der Waals surface area contributed by atoms with E-state index in [0.717, 1.165) is 44.7 Å². The van der Waals surface area contributed by atoms with Crippen molar-refractivity contribution in [2.45, 2.75) is 57.4 Å². The number of hydrogen-bond acceptors (Lipinski definition) is 2. The Bertz CT molecular complexity index is 737. The quantitative estimate of drug-likeness (QED) is 0.871. The molecule has 0 unspecified atom stereocenters. The molecule has 2 fully saturated rings. The first-order valence-electron chi connectivity index (χ1n) is 10.3. The molecule has 0 bridgehead atoms. The number of carbonyl (C=O) groups excluding carboxylic acids is 1. The second kappa shape index (κ2) is 7.83. The van der Waals surface area contributed by atoms with Crippen molar-refractivity contribution < 1.29 is 4.79 Å². The highest BCUT2D eigenvalue weighted by Gasteiger charge is 2.25. The van der Waals surface area contributed by atoms with Crippen molar-refractivity contribution in [2.75, 3.05) is 19.6 Å². The van der Waals surface area contributed by atoms with Crippen molar-refractivity contribution in [3.63, 3.8) is 0 Å².